The van der Waals surface area contributed by atoms with Crippen molar-refractivity contribution in [3.63, 3.8) is 0 Å². The number of hydrogen-bond acceptors (Lipinski definition) is 4. The van der Waals surface area contributed by atoms with Crippen molar-refractivity contribution in [2.75, 3.05) is 14.2 Å². The van der Waals surface area contributed by atoms with Gasteiger partial charge in [0.25, 0.3) is 0 Å². The average molecular weight is 308 g/mol. The first-order chi connectivity index (χ1) is 10.5. The summed E-state index contributed by atoms with van der Waals surface area (Å²) in [7, 11) is 3.07. The number of hydrogen-bond donors (Lipinski definition) is 0. The van der Waals surface area contributed by atoms with Crippen LogP contribution in [0.25, 0.3) is 0 Å². The Kier molecular flexibility index (Phi) is 7.96. The number of benzene rings is 1. The molecule has 124 valence electrons. The van der Waals surface area contributed by atoms with Crippen LogP contribution in [0.4, 0.5) is 0 Å². The van der Waals surface area contributed by atoms with Crippen LogP contribution in [0.3, 0.4) is 0 Å². The van der Waals surface area contributed by atoms with Gasteiger partial charge >= 0.3 is 5.97 Å². The van der Waals surface area contributed by atoms with Gasteiger partial charge in [0.15, 0.2) is 0 Å². The van der Waals surface area contributed by atoms with Crippen LogP contribution in [0.15, 0.2) is 24.3 Å². The summed E-state index contributed by atoms with van der Waals surface area (Å²) in [6.45, 7) is 6.71. The van der Waals surface area contributed by atoms with Crippen LogP contribution >= 0.6 is 0 Å². The fourth-order valence-electron chi connectivity index (χ4n) is 2.27. The molecule has 0 saturated heterocycles. The molecule has 0 amide bonds. The van der Waals surface area contributed by atoms with E-state index in [0.717, 1.165) is 24.2 Å². The van der Waals surface area contributed by atoms with Crippen LogP contribution in [-0.4, -0.2) is 26.3 Å². The van der Waals surface area contributed by atoms with Gasteiger partial charge < -0.3 is 14.2 Å². The van der Waals surface area contributed by atoms with Crippen molar-refractivity contribution < 1.29 is 19.0 Å². The van der Waals surface area contributed by atoms with E-state index in [1.54, 1.807) is 7.11 Å². The minimum absolute atomic E-state index is 0.173. The molecule has 4 heteroatoms. The highest BCUT2D eigenvalue weighted by molar-refractivity contribution is 5.72. The first-order valence-electron chi connectivity index (χ1n) is 7.80. The molecule has 0 N–H and O–H groups in total. The molecule has 22 heavy (non-hydrogen) atoms. The molecule has 1 rings (SSSR count). The molecule has 1 aromatic rings. The Bertz CT molecular complexity index is 439. The summed E-state index contributed by atoms with van der Waals surface area (Å²) in [4.78, 5) is 11.9. The Morgan fingerprint density at radius 3 is 2.18 bits per heavy atom. The molecule has 0 unspecified atom stereocenters. The highest BCUT2D eigenvalue weighted by Crippen LogP contribution is 2.21. The molecule has 0 aliphatic carbocycles. The van der Waals surface area contributed by atoms with Gasteiger partial charge in [-0.1, -0.05) is 32.4 Å². The molecule has 2 atom stereocenters. The summed E-state index contributed by atoms with van der Waals surface area (Å²) in [5.41, 5.74) is 1.06. The minimum Gasteiger partial charge on any atom is -0.497 e. The van der Waals surface area contributed by atoms with E-state index < -0.39 is 0 Å². The summed E-state index contributed by atoms with van der Waals surface area (Å²) in [6, 6.07) is 7.74. The quantitative estimate of drug-likeness (QED) is 0.650. The Morgan fingerprint density at radius 1 is 1.05 bits per heavy atom. The van der Waals surface area contributed by atoms with Gasteiger partial charge in [-0.25, -0.2) is 0 Å². The highest BCUT2D eigenvalue weighted by atomic mass is 16.5. The maximum atomic E-state index is 11.9. The summed E-state index contributed by atoms with van der Waals surface area (Å²) in [6.07, 6.45) is 1.60. The third kappa shape index (κ3) is 6.06. The van der Waals surface area contributed by atoms with E-state index in [1.165, 1.54) is 7.11 Å². The van der Waals surface area contributed by atoms with Crippen molar-refractivity contribution in [2.45, 2.75) is 46.3 Å². The van der Waals surface area contributed by atoms with E-state index in [-0.39, 0.29) is 18.0 Å². The fourth-order valence-corrected chi connectivity index (χ4v) is 2.27. The van der Waals surface area contributed by atoms with Crippen molar-refractivity contribution in [2.24, 2.45) is 11.8 Å². The molecule has 0 saturated carbocycles. The Balaban J connectivity index is 2.57. The zero-order valence-corrected chi connectivity index (χ0v) is 14.3. The maximum Gasteiger partial charge on any atom is 0.311 e. The number of ether oxygens (including phenoxy) is 3. The first kappa shape index (κ1) is 18.5. The standard InChI is InChI=1S/C18H28O4/c1-13(2)6-11-17(18(19)21-5)14(3)22-12-15-7-9-16(20-4)10-8-15/h7-10,13-14,17H,6,11-12H2,1-5H3/t14-,17-/m0/s1. The number of esters is 1. The molecule has 0 bridgehead atoms. The van der Waals surface area contributed by atoms with Crippen molar-refractivity contribution >= 4 is 5.97 Å². The smallest absolute Gasteiger partial charge is 0.311 e. The van der Waals surface area contributed by atoms with E-state index >= 15 is 0 Å². The van der Waals surface area contributed by atoms with E-state index in [1.807, 2.05) is 31.2 Å². The molecule has 0 radical (unpaired) electrons. The topological polar surface area (TPSA) is 44.8 Å². The number of carbonyl (C=O) groups is 1. The summed E-state index contributed by atoms with van der Waals surface area (Å²) in [5.74, 6) is 0.968. The SMILES string of the molecule is COC(=O)[C@@H](CCC(C)C)[C@H](C)OCc1ccc(OC)cc1. The molecular formula is C18H28O4. The molecule has 0 aliphatic rings. The first-order valence-corrected chi connectivity index (χ1v) is 7.80. The van der Waals surface area contributed by atoms with Crippen LogP contribution in [0.1, 0.15) is 39.2 Å². The lowest BCUT2D eigenvalue weighted by atomic mass is 9.94. The van der Waals surface area contributed by atoms with Gasteiger partial charge in [0, 0.05) is 0 Å². The predicted molar refractivity (Wildman–Crippen MR) is 86.8 cm³/mol. The van der Waals surface area contributed by atoms with Crippen molar-refractivity contribution in [1.82, 2.24) is 0 Å². The minimum atomic E-state index is -0.217. The molecule has 0 heterocycles. The second-order valence-electron chi connectivity index (χ2n) is 5.97. The van der Waals surface area contributed by atoms with Crippen LogP contribution in [0.2, 0.25) is 0 Å². The lowest BCUT2D eigenvalue weighted by Crippen LogP contribution is -2.29. The Labute approximate surface area is 133 Å². The Morgan fingerprint density at radius 2 is 1.68 bits per heavy atom. The molecule has 0 fully saturated rings. The zero-order chi connectivity index (χ0) is 16.5. The summed E-state index contributed by atoms with van der Waals surface area (Å²) in [5, 5.41) is 0. The van der Waals surface area contributed by atoms with Gasteiger partial charge in [0.05, 0.1) is 32.8 Å². The molecule has 4 nitrogen and oxygen atoms in total. The second kappa shape index (κ2) is 9.46. The lowest BCUT2D eigenvalue weighted by molar-refractivity contribution is -0.151. The maximum absolute atomic E-state index is 11.9. The highest BCUT2D eigenvalue weighted by Gasteiger charge is 2.26. The average Bonchev–Trinajstić information content (AvgIpc) is 2.52. The fraction of sp³-hybridized carbons (Fsp3) is 0.611. The van der Waals surface area contributed by atoms with Crippen LogP contribution in [0.5, 0.6) is 5.75 Å². The molecule has 0 spiro atoms. The molecule has 0 aromatic heterocycles. The van der Waals surface area contributed by atoms with Gasteiger partial charge in [-0.2, -0.15) is 0 Å². The zero-order valence-electron chi connectivity index (χ0n) is 14.3. The van der Waals surface area contributed by atoms with Gasteiger partial charge in [0.1, 0.15) is 5.75 Å². The van der Waals surface area contributed by atoms with E-state index in [9.17, 15) is 4.79 Å². The third-order valence-electron chi connectivity index (χ3n) is 3.80. The van der Waals surface area contributed by atoms with Gasteiger partial charge in [-0.3, -0.25) is 4.79 Å². The van der Waals surface area contributed by atoms with Crippen molar-refractivity contribution in [1.29, 1.82) is 0 Å². The Hall–Kier alpha value is -1.55. The normalized spacial score (nSPS) is 13.7. The summed E-state index contributed by atoms with van der Waals surface area (Å²) >= 11 is 0. The molecular weight excluding hydrogens is 280 g/mol. The largest absolute Gasteiger partial charge is 0.497 e. The van der Waals surface area contributed by atoms with E-state index in [0.29, 0.717) is 12.5 Å². The number of carbonyl (C=O) groups excluding carboxylic acids is 1. The number of rotatable bonds is 9. The molecule has 1 aromatic carbocycles. The van der Waals surface area contributed by atoms with Gasteiger partial charge in [0.2, 0.25) is 0 Å². The van der Waals surface area contributed by atoms with Crippen LogP contribution < -0.4 is 4.74 Å². The van der Waals surface area contributed by atoms with Crippen LogP contribution in [0, 0.1) is 11.8 Å². The van der Waals surface area contributed by atoms with Crippen LogP contribution in [-0.2, 0) is 20.9 Å². The second-order valence-corrected chi connectivity index (χ2v) is 5.97. The monoisotopic (exact) mass is 308 g/mol. The lowest BCUT2D eigenvalue weighted by Gasteiger charge is -2.23. The van der Waals surface area contributed by atoms with Gasteiger partial charge in [-0.05, 0) is 37.0 Å². The van der Waals surface area contributed by atoms with E-state index in [4.69, 9.17) is 14.2 Å². The molecule has 0 aliphatic heterocycles. The van der Waals surface area contributed by atoms with Crippen molar-refractivity contribution in [3.8, 4) is 5.75 Å². The van der Waals surface area contributed by atoms with E-state index in [2.05, 4.69) is 13.8 Å². The van der Waals surface area contributed by atoms with Gasteiger partial charge in [-0.15, -0.1) is 0 Å². The summed E-state index contributed by atoms with van der Waals surface area (Å²) < 4.78 is 15.9. The number of methoxy groups -OCH3 is 2. The van der Waals surface area contributed by atoms with Crippen molar-refractivity contribution in [3.05, 3.63) is 29.8 Å². The predicted octanol–water partition coefficient (Wildman–Crippen LogP) is 3.83. The third-order valence-corrected chi connectivity index (χ3v) is 3.80.